The lowest BCUT2D eigenvalue weighted by Gasteiger charge is -2.41. The van der Waals surface area contributed by atoms with Crippen molar-refractivity contribution in [3.05, 3.63) is 29.8 Å². The summed E-state index contributed by atoms with van der Waals surface area (Å²) >= 11 is 2.29. The van der Waals surface area contributed by atoms with Crippen LogP contribution in [0.3, 0.4) is 0 Å². The van der Waals surface area contributed by atoms with Gasteiger partial charge in [0.15, 0.2) is 0 Å². The van der Waals surface area contributed by atoms with E-state index in [2.05, 4.69) is 27.5 Å². The number of hydrogen-bond donors (Lipinski definition) is 1. The lowest BCUT2D eigenvalue weighted by Crippen LogP contribution is -2.51. The van der Waals surface area contributed by atoms with Gasteiger partial charge in [0.05, 0.1) is 14.5 Å². The van der Waals surface area contributed by atoms with Gasteiger partial charge in [-0.15, -0.1) is 0 Å². The molecule has 2 atom stereocenters. The molecule has 0 amide bonds. The van der Waals surface area contributed by atoms with E-state index < -0.39 is 21.8 Å². The summed E-state index contributed by atoms with van der Waals surface area (Å²) in [5, 5.41) is 0. The average molecular weight is 517 g/mol. The maximum absolute atomic E-state index is 13.2. The van der Waals surface area contributed by atoms with Crippen LogP contribution < -0.4 is 5.73 Å². The van der Waals surface area contributed by atoms with Crippen LogP contribution in [0.4, 0.5) is 13.2 Å². The molecule has 2 unspecified atom stereocenters. The van der Waals surface area contributed by atoms with Crippen molar-refractivity contribution in [1.29, 1.82) is 0 Å². The van der Waals surface area contributed by atoms with E-state index >= 15 is 0 Å². The Balaban J connectivity index is 1.87. The second-order valence-electron chi connectivity index (χ2n) is 7.03. The molecule has 1 heterocycles. The SMILES string of the molecule is NCCN1CCC(N(C2CC2)S(=O)(=O)c2cccc(C(F)(F)F)c2)CC1I. The van der Waals surface area contributed by atoms with E-state index in [1.54, 1.807) is 0 Å². The molecule has 0 spiro atoms. The Kier molecular flexibility index (Phi) is 6.41. The smallest absolute Gasteiger partial charge is 0.329 e. The highest BCUT2D eigenvalue weighted by Crippen LogP contribution is 2.39. The molecule has 2 N–H and O–H groups in total. The number of hydrogen-bond acceptors (Lipinski definition) is 4. The monoisotopic (exact) mass is 517 g/mol. The molecule has 152 valence electrons. The van der Waals surface area contributed by atoms with Crippen molar-refractivity contribution < 1.29 is 21.6 Å². The Morgan fingerprint density at radius 2 is 1.93 bits per heavy atom. The predicted molar refractivity (Wildman–Crippen MR) is 105 cm³/mol. The van der Waals surface area contributed by atoms with Gasteiger partial charge < -0.3 is 5.73 Å². The molecule has 0 radical (unpaired) electrons. The summed E-state index contributed by atoms with van der Waals surface area (Å²) in [7, 11) is -3.99. The minimum Gasteiger partial charge on any atom is -0.329 e. The molecule has 1 aromatic rings. The number of nitrogens with two attached hydrogens (primary N) is 1. The van der Waals surface area contributed by atoms with Crippen LogP contribution in [0.15, 0.2) is 29.2 Å². The summed E-state index contributed by atoms with van der Waals surface area (Å²) in [5.74, 6) is 0. The van der Waals surface area contributed by atoms with Gasteiger partial charge in [-0.2, -0.15) is 17.5 Å². The molecule has 1 aliphatic carbocycles. The molecule has 1 aromatic carbocycles. The predicted octanol–water partition coefficient (Wildman–Crippen LogP) is 3.04. The van der Waals surface area contributed by atoms with Crippen molar-refractivity contribution in [3.8, 4) is 0 Å². The van der Waals surface area contributed by atoms with Crippen LogP contribution in [0, 0.1) is 0 Å². The zero-order chi connectivity index (χ0) is 19.8. The quantitative estimate of drug-likeness (QED) is 0.358. The molecule has 1 saturated heterocycles. The Morgan fingerprint density at radius 3 is 2.48 bits per heavy atom. The summed E-state index contributed by atoms with van der Waals surface area (Å²) in [6.07, 6.45) is -1.75. The van der Waals surface area contributed by atoms with Crippen LogP contribution in [0.25, 0.3) is 0 Å². The first-order chi connectivity index (χ1) is 12.6. The molecular formula is C17H23F3IN3O2S. The third-order valence-electron chi connectivity index (χ3n) is 5.03. The number of benzene rings is 1. The fraction of sp³-hybridized carbons (Fsp3) is 0.647. The fourth-order valence-electron chi connectivity index (χ4n) is 3.57. The Bertz CT molecular complexity index is 771. The number of rotatable bonds is 6. The molecule has 27 heavy (non-hydrogen) atoms. The number of nitrogens with zero attached hydrogens (tertiary/aromatic N) is 2. The first-order valence-corrected chi connectivity index (χ1v) is 11.6. The van der Waals surface area contributed by atoms with Crippen LogP contribution in [-0.4, -0.2) is 53.4 Å². The zero-order valence-corrected chi connectivity index (χ0v) is 17.7. The normalized spacial score (nSPS) is 25.1. The average Bonchev–Trinajstić information content (AvgIpc) is 3.41. The van der Waals surface area contributed by atoms with Gasteiger partial charge in [-0.1, -0.05) is 28.7 Å². The van der Waals surface area contributed by atoms with Gasteiger partial charge in [-0.05, 0) is 43.9 Å². The minimum atomic E-state index is -4.57. The van der Waals surface area contributed by atoms with Crippen LogP contribution in [0.1, 0.15) is 31.2 Å². The first kappa shape index (κ1) is 21.3. The van der Waals surface area contributed by atoms with Crippen LogP contribution in [0.2, 0.25) is 0 Å². The lowest BCUT2D eigenvalue weighted by atomic mass is 10.0. The molecular weight excluding hydrogens is 494 g/mol. The number of halogens is 4. The summed E-state index contributed by atoms with van der Waals surface area (Å²) in [5.41, 5.74) is 4.68. The molecule has 5 nitrogen and oxygen atoms in total. The van der Waals surface area contributed by atoms with Crippen molar-refractivity contribution in [2.45, 2.75) is 52.9 Å². The topological polar surface area (TPSA) is 66.6 Å². The van der Waals surface area contributed by atoms with Crippen molar-refractivity contribution >= 4 is 32.6 Å². The van der Waals surface area contributed by atoms with Crippen molar-refractivity contribution in [3.63, 3.8) is 0 Å². The third-order valence-corrected chi connectivity index (χ3v) is 8.33. The highest BCUT2D eigenvalue weighted by molar-refractivity contribution is 14.1. The molecule has 1 saturated carbocycles. The van der Waals surface area contributed by atoms with Gasteiger partial charge in [-0.25, -0.2) is 8.42 Å². The van der Waals surface area contributed by atoms with E-state index in [9.17, 15) is 21.6 Å². The largest absolute Gasteiger partial charge is 0.416 e. The maximum Gasteiger partial charge on any atom is 0.416 e. The standard InChI is InChI=1S/C17H23F3IN3O2S/c18-17(19,20)12-2-1-3-15(10-12)27(25,26)24(13-4-5-13)14-6-8-23(9-7-22)16(21)11-14/h1-3,10,13-14,16H,4-9,11,22H2. The van der Waals surface area contributed by atoms with Gasteiger partial charge in [0.25, 0.3) is 0 Å². The van der Waals surface area contributed by atoms with Crippen LogP contribution in [-0.2, 0) is 16.2 Å². The van der Waals surface area contributed by atoms with Gasteiger partial charge >= 0.3 is 6.18 Å². The third kappa shape index (κ3) is 4.77. The van der Waals surface area contributed by atoms with Crippen molar-refractivity contribution in [2.75, 3.05) is 19.6 Å². The Morgan fingerprint density at radius 1 is 1.22 bits per heavy atom. The number of piperidine rings is 1. The first-order valence-electron chi connectivity index (χ1n) is 8.93. The van der Waals surface area contributed by atoms with E-state index in [1.165, 1.54) is 10.4 Å². The molecule has 0 bridgehead atoms. The van der Waals surface area contributed by atoms with E-state index in [-0.39, 0.29) is 21.0 Å². The van der Waals surface area contributed by atoms with Crippen LogP contribution >= 0.6 is 22.6 Å². The number of alkyl halides is 4. The lowest BCUT2D eigenvalue weighted by molar-refractivity contribution is -0.137. The molecule has 3 rings (SSSR count). The molecule has 1 aliphatic heterocycles. The number of likely N-dealkylation sites (tertiary alicyclic amines) is 1. The maximum atomic E-state index is 13.2. The van der Waals surface area contributed by atoms with Gasteiger partial charge in [0.1, 0.15) is 0 Å². The zero-order valence-electron chi connectivity index (χ0n) is 14.7. The number of sulfonamides is 1. The summed E-state index contributed by atoms with van der Waals surface area (Å²) in [4.78, 5) is 1.94. The van der Waals surface area contributed by atoms with E-state index in [1.807, 2.05) is 0 Å². The van der Waals surface area contributed by atoms with E-state index in [0.29, 0.717) is 19.4 Å². The Labute approximate surface area is 171 Å². The van der Waals surface area contributed by atoms with Gasteiger partial charge in [0, 0.05) is 31.7 Å². The summed E-state index contributed by atoms with van der Waals surface area (Å²) in [6, 6.07) is 3.74. The van der Waals surface area contributed by atoms with E-state index in [0.717, 1.165) is 44.1 Å². The van der Waals surface area contributed by atoms with Gasteiger partial charge in [-0.3, -0.25) is 4.90 Å². The van der Waals surface area contributed by atoms with Gasteiger partial charge in [0.2, 0.25) is 10.0 Å². The van der Waals surface area contributed by atoms with E-state index in [4.69, 9.17) is 5.73 Å². The molecule has 2 fully saturated rings. The molecule has 0 aromatic heterocycles. The van der Waals surface area contributed by atoms with Crippen LogP contribution in [0.5, 0.6) is 0 Å². The molecule has 10 heteroatoms. The van der Waals surface area contributed by atoms with Crippen molar-refractivity contribution in [1.82, 2.24) is 9.21 Å². The summed E-state index contributed by atoms with van der Waals surface area (Å²) < 4.78 is 67.2. The fourth-order valence-corrected chi connectivity index (χ4v) is 6.67. The highest BCUT2D eigenvalue weighted by atomic mass is 127. The molecule has 2 aliphatic rings. The second kappa shape index (κ2) is 8.13. The summed E-state index contributed by atoms with van der Waals surface area (Å²) in [6.45, 7) is 2.03. The van der Waals surface area contributed by atoms with Crippen molar-refractivity contribution in [2.24, 2.45) is 5.73 Å². The minimum absolute atomic E-state index is 0.112. The second-order valence-corrected chi connectivity index (χ2v) is 10.3. The highest BCUT2D eigenvalue weighted by Gasteiger charge is 2.45. The Hall–Kier alpha value is -0.430.